The summed E-state index contributed by atoms with van der Waals surface area (Å²) in [5.74, 6) is 0. The number of hydrogen-bond donors (Lipinski definition) is 1. The summed E-state index contributed by atoms with van der Waals surface area (Å²) in [5, 5.41) is 0. The predicted octanol–water partition coefficient (Wildman–Crippen LogP) is 3.26. The molecule has 0 unspecified atom stereocenters. The van der Waals surface area contributed by atoms with Gasteiger partial charge >= 0.3 is 0 Å². The fraction of sp³-hybridized carbons (Fsp3) is 0. The fourth-order valence-corrected chi connectivity index (χ4v) is 1.54. The van der Waals surface area contributed by atoms with Gasteiger partial charge in [-0.3, -0.25) is 4.79 Å². The summed E-state index contributed by atoms with van der Waals surface area (Å²) < 4.78 is 1.04. The van der Waals surface area contributed by atoms with Crippen LogP contribution in [-0.2, 0) is 0 Å². The Bertz CT molecular complexity index is 445. The molecule has 0 amide bonds. The van der Waals surface area contributed by atoms with Crippen LogP contribution in [0.4, 0.5) is 0 Å². The van der Waals surface area contributed by atoms with Crippen LogP contribution in [0.15, 0.2) is 40.9 Å². The van der Waals surface area contributed by atoms with E-state index in [1.54, 1.807) is 6.07 Å². The van der Waals surface area contributed by atoms with Crippen molar-refractivity contribution in [1.82, 2.24) is 4.98 Å². The molecule has 2 aromatic rings. The second-order valence-electron chi connectivity index (χ2n) is 2.95. The summed E-state index contributed by atoms with van der Waals surface area (Å²) in [6.07, 6.45) is 0.808. The highest BCUT2D eigenvalue weighted by Crippen LogP contribution is 2.20. The minimum Gasteiger partial charge on any atom is -0.352 e. The van der Waals surface area contributed by atoms with Crippen molar-refractivity contribution < 1.29 is 4.79 Å². The average Bonchev–Trinajstić information content (AvgIpc) is 2.67. The first-order valence-corrected chi connectivity index (χ1v) is 4.99. The highest BCUT2D eigenvalue weighted by molar-refractivity contribution is 9.10. The van der Waals surface area contributed by atoms with Gasteiger partial charge in [-0.1, -0.05) is 28.1 Å². The standard InChI is InChI=1S/C11H8BrNO/c12-9-3-1-8(2-4-9)11-6-5-10(7-14)13-11/h1-7,13H. The van der Waals surface area contributed by atoms with Crippen LogP contribution >= 0.6 is 15.9 Å². The first-order valence-electron chi connectivity index (χ1n) is 4.20. The second-order valence-corrected chi connectivity index (χ2v) is 3.87. The van der Waals surface area contributed by atoms with Crippen LogP contribution in [-0.4, -0.2) is 11.3 Å². The van der Waals surface area contributed by atoms with E-state index in [-0.39, 0.29) is 0 Å². The van der Waals surface area contributed by atoms with Crippen molar-refractivity contribution in [3.05, 3.63) is 46.6 Å². The molecule has 0 saturated heterocycles. The molecule has 1 heterocycles. The molecule has 0 aliphatic rings. The summed E-state index contributed by atoms with van der Waals surface area (Å²) in [6, 6.07) is 11.6. The molecule has 0 aliphatic heterocycles. The third-order valence-electron chi connectivity index (χ3n) is 1.99. The molecule has 0 spiro atoms. The van der Waals surface area contributed by atoms with Gasteiger partial charge in [0.25, 0.3) is 0 Å². The van der Waals surface area contributed by atoms with Crippen molar-refractivity contribution in [3.63, 3.8) is 0 Å². The van der Waals surface area contributed by atoms with E-state index in [2.05, 4.69) is 20.9 Å². The molecule has 0 radical (unpaired) electrons. The van der Waals surface area contributed by atoms with Gasteiger partial charge in [0.15, 0.2) is 6.29 Å². The zero-order chi connectivity index (χ0) is 9.97. The Labute approximate surface area is 90.1 Å². The van der Waals surface area contributed by atoms with Crippen LogP contribution < -0.4 is 0 Å². The zero-order valence-electron chi connectivity index (χ0n) is 7.33. The highest BCUT2D eigenvalue weighted by Gasteiger charge is 2.00. The zero-order valence-corrected chi connectivity index (χ0v) is 8.91. The van der Waals surface area contributed by atoms with Crippen LogP contribution in [0, 0.1) is 0 Å². The number of rotatable bonds is 2. The Morgan fingerprint density at radius 1 is 1.07 bits per heavy atom. The van der Waals surface area contributed by atoms with Crippen molar-refractivity contribution in [3.8, 4) is 11.3 Å². The largest absolute Gasteiger partial charge is 0.352 e. The van der Waals surface area contributed by atoms with Crippen molar-refractivity contribution >= 4 is 22.2 Å². The lowest BCUT2D eigenvalue weighted by molar-refractivity contribution is 0.111. The molecule has 0 atom stereocenters. The first-order chi connectivity index (χ1) is 6.79. The molecular weight excluding hydrogens is 242 g/mol. The Hall–Kier alpha value is -1.35. The fourth-order valence-electron chi connectivity index (χ4n) is 1.28. The molecule has 14 heavy (non-hydrogen) atoms. The molecule has 70 valence electrons. The van der Waals surface area contributed by atoms with E-state index < -0.39 is 0 Å². The minimum atomic E-state index is 0.600. The number of aldehydes is 1. The quantitative estimate of drug-likeness (QED) is 0.815. The lowest BCUT2D eigenvalue weighted by Crippen LogP contribution is -1.80. The normalized spacial score (nSPS) is 10.1. The van der Waals surface area contributed by atoms with Crippen LogP contribution in [0.25, 0.3) is 11.3 Å². The Morgan fingerprint density at radius 2 is 1.79 bits per heavy atom. The lowest BCUT2D eigenvalue weighted by Gasteiger charge is -1.97. The number of aromatic amines is 1. The first kappa shape index (κ1) is 9.21. The van der Waals surface area contributed by atoms with Crippen LogP contribution in [0.2, 0.25) is 0 Å². The number of carbonyl (C=O) groups is 1. The Morgan fingerprint density at radius 3 is 2.36 bits per heavy atom. The second kappa shape index (κ2) is 3.80. The van der Waals surface area contributed by atoms with Gasteiger partial charge in [-0.15, -0.1) is 0 Å². The molecule has 0 aliphatic carbocycles. The molecule has 3 heteroatoms. The minimum absolute atomic E-state index is 0.600. The summed E-state index contributed by atoms with van der Waals surface area (Å²) in [6.45, 7) is 0. The van der Waals surface area contributed by atoms with Gasteiger partial charge in [0.1, 0.15) is 0 Å². The third-order valence-corrected chi connectivity index (χ3v) is 2.52. The SMILES string of the molecule is O=Cc1ccc(-c2ccc(Br)cc2)[nH]1. The summed E-state index contributed by atoms with van der Waals surface area (Å²) in [5.41, 5.74) is 2.63. The van der Waals surface area contributed by atoms with Crippen LogP contribution in [0.1, 0.15) is 10.5 Å². The van der Waals surface area contributed by atoms with Gasteiger partial charge in [0.05, 0.1) is 5.69 Å². The average molecular weight is 250 g/mol. The maximum absolute atomic E-state index is 10.5. The monoisotopic (exact) mass is 249 g/mol. The number of halogens is 1. The third kappa shape index (κ3) is 1.77. The summed E-state index contributed by atoms with van der Waals surface area (Å²) in [4.78, 5) is 13.5. The van der Waals surface area contributed by atoms with E-state index in [1.807, 2.05) is 30.3 Å². The molecule has 1 aromatic heterocycles. The molecular formula is C11H8BrNO. The lowest BCUT2D eigenvalue weighted by atomic mass is 10.2. The number of aromatic nitrogens is 1. The molecule has 0 bridgehead atoms. The van der Waals surface area contributed by atoms with Gasteiger partial charge in [-0.2, -0.15) is 0 Å². The number of carbonyl (C=O) groups excluding carboxylic acids is 1. The number of H-pyrrole nitrogens is 1. The maximum atomic E-state index is 10.5. The smallest absolute Gasteiger partial charge is 0.166 e. The van der Waals surface area contributed by atoms with Crippen molar-refractivity contribution in [2.75, 3.05) is 0 Å². The number of hydrogen-bond acceptors (Lipinski definition) is 1. The van der Waals surface area contributed by atoms with Crippen LogP contribution in [0.3, 0.4) is 0 Å². The molecule has 0 fully saturated rings. The number of benzene rings is 1. The van der Waals surface area contributed by atoms with E-state index in [0.29, 0.717) is 5.69 Å². The van der Waals surface area contributed by atoms with Gasteiger partial charge in [-0.25, -0.2) is 0 Å². The van der Waals surface area contributed by atoms with E-state index in [1.165, 1.54) is 0 Å². The van der Waals surface area contributed by atoms with Gasteiger partial charge in [0, 0.05) is 10.2 Å². The molecule has 0 saturated carbocycles. The van der Waals surface area contributed by atoms with E-state index in [4.69, 9.17) is 0 Å². The Kier molecular flexibility index (Phi) is 2.50. The van der Waals surface area contributed by atoms with E-state index in [0.717, 1.165) is 22.0 Å². The van der Waals surface area contributed by atoms with Crippen molar-refractivity contribution in [1.29, 1.82) is 0 Å². The van der Waals surface area contributed by atoms with E-state index in [9.17, 15) is 4.79 Å². The topological polar surface area (TPSA) is 32.9 Å². The van der Waals surface area contributed by atoms with Crippen molar-refractivity contribution in [2.24, 2.45) is 0 Å². The highest BCUT2D eigenvalue weighted by atomic mass is 79.9. The molecule has 2 rings (SSSR count). The van der Waals surface area contributed by atoms with Gasteiger partial charge in [-0.05, 0) is 29.8 Å². The van der Waals surface area contributed by atoms with E-state index >= 15 is 0 Å². The van der Waals surface area contributed by atoms with Crippen molar-refractivity contribution in [2.45, 2.75) is 0 Å². The van der Waals surface area contributed by atoms with Gasteiger partial charge in [0.2, 0.25) is 0 Å². The van der Waals surface area contributed by atoms with Gasteiger partial charge < -0.3 is 4.98 Å². The number of nitrogens with one attached hydrogen (secondary N) is 1. The predicted molar refractivity (Wildman–Crippen MR) is 59.3 cm³/mol. The maximum Gasteiger partial charge on any atom is 0.166 e. The molecule has 1 N–H and O–H groups in total. The summed E-state index contributed by atoms with van der Waals surface area (Å²) >= 11 is 3.37. The molecule has 1 aromatic carbocycles. The summed E-state index contributed by atoms with van der Waals surface area (Å²) in [7, 11) is 0. The molecule has 2 nitrogen and oxygen atoms in total. The van der Waals surface area contributed by atoms with Crippen LogP contribution in [0.5, 0.6) is 0 Å². The Balaban J connectivity index is 2.39.